The maximum atomic E-state index is 12.2. The molecule has 2 aromatic rings. The third-order valence-corrected chi connectivity index (χ3v) is 3.99. The van der Waals surface area contributed by atoms with Crippen molar-refractivity contribution in [3.63, 3.8) is 0 Å². The molecule has 136 valence electrons. The van der Waals surface area contributed by atoms with Crippen molar-refractivity contribution < 1.29 is 19.4 Å². The molecule has 2 aromatic carbocycles. The number of benzene rings is 2. The van der Waals surface area contributed by atoms with Crippen molar-refractivity contribution in [2.24, 2.45) is 0 Å². The number of aromatic carboxylic acids is 1. The summed E-state index contributed by atoms with van der Waals surface area (Å²) in [4.78, 5) is 23.0. The summed E-state index contributed by atoms with van der Waals surface area (Å²) in [5.41, 5.74) is 1.58. The van der Waals surface area contributed by atoms with Crippen molar-refractivity contribution in [1.29, 1.82) is 0 Å². The number of rotatable bonds is 10. The minimum absolute atomic E-state index is 0.109. The predicted molar refractivity (Wildman–Crippen MR) is 103 cm³/mol. The van der Waals surface area contributed by atoms with Gasteiger partial charge in [0.25, 0.3) is 0 Å². The van der Waals surface area contributed by atoms with Crippen LogP contribution in [0.3, 0.4) is 0 Å². The van der Waals surface area contributed by atoms with Gasteiger partial charge in [-0.15, -0.1) is 0 Å². The lowest BCUT2D eigenvalue weighted by atomic mass is 10.1. The summed E-state index contributed by atoms with van der Waals surface area (Å²) in [6.45, 7) is 2.87. The van der Waals surface area contributed by atoms with E-state index in [9.17, 15) is 9.59 Å². The maximum absolute atomic E-state index is 12.2. The average molecular weight is 352 g/mol. The van der Waals surface area contributed by atoms with Crippen molar-refractivity contribution in [2.75, 3.05) is 6.61 Å². The van der Waals surface area contributed by atoms with Crippen molar-refractivity contribution >= 4 is 17.8 Å². The summed E-state index contributed by atoms with van der Waals surface area (Å²) in [6, 6.07) is 13.5. The number of allylic oxidation sites excluding steroid dienone is 1. The zero-order valence-electron chi connectivity index (χ0n) is 15.0. The Balaban J connectivity index is 1.87. The summed E-state index contributed by atoms with van der Waals surface area (Å²) >= 11 is 0. The maximum Gasteiger partial charge on any atom is 0.335 e. The van der Waals surface area contributed by atoms with Crippen molar-refractivity contribution in [3.8, 4) is 5.75 Å². The molecule has 0 aliphatic rings. The second-order valence-corrected chi connectivity index (χ2v) is 6.06. The smallest absolute Gasteiger partial charge is 0.335 e. The molecule has 26 heavy (non-hydrogen) atoms. The monoisotopic (exact) mass is 352 g/mol. The number of hydrogen-bond acceptors (Lipinski definition) is 3. The molecule has 0 amide bonds. The largest absolute Gasteiger partial charge is 0.494 e. The highest BCUT2D eigenvalue weighted by Gasteiger charge is 2.03. The Morgan fingerprint density at radius 2 is 1.58 bits per heavy atom. The average Bonchev–Trinajstić information content (AvgIpc) is 2.66. The molecule has 0 unspecified atom stereocenters. The quantitative estimate of drug-likeness (QED) is 0.361. The number of carboxylic acid groups (broad SMARTS) is 1. The van der Waals surface area contributed by atoms with Gasteiger partial charge in [-0.05, 0) is 54.5 Å². The zero-order chi connectivity index (χ0) is 18.8. The normalized spacial score (nSPS) is 10.8. The van der Waals surface area contributed by atoms with E-state index in [0.29, 0.717) is 12.2 Å². The van der Waals surface area contributed by atoms with Gasteiger partial charge >= 0.3 is 5.97 Å². The van der Waals surface area contributed by atoms with Crippen molar-refractivity contribution in [2.45, 2.75) is 32.6 Å². The second-order valence-electron chi connectivity index (χ2n) is 6.06. The Bertz CT molecular complexity index is 743. The van der Waals surface area contributed by atoms with Crippen molar-refractivity contribution in [1.82, 2.24) is 0 Å². The Kier molecular flexibility index (Phi) is 7.62. The lowest BCUT2D eigenvalue weighted by molar-refractivity contribution is 0.0696. The van der Waals surface area contributed by atoms with Crippen molar-refractivity contribution in [3.05, 3.63) is 71.3 Å². The fraction of sp³-hybridized carbons (Fsp3) is 0.273. The van der Waals surface area contributed by atoms with E-state index in [1.54, 1.807) is 30.3 Å². The molecular formula is C22H24O4. The molecule has 0 fully saturated rings. The van der Waals surface area contributed by atoms with Gasteiger partial charge in [0.15, 0.2) is 5.78 Å². The van der Waals surface area contributed by atoms with E-state index in [2.05, 4.69) is 6.92 Å². The lowest BCUT2D eigenvalue weighted by Crippen LogP contribution is -1.98. The van der Waals surface area contributed by atoms with Gasteiger partial charge in [0, 0.05) is 5.56 Å². The zero-order valence-corrected chi connectivity index (χ0v) is 15.0. The fourth-order valence-electron chi connectivity index (χ4n) is 2.44. The van der Waals surface area contributed by atoms with Gasteiger partial charge in [0.05, 0.1) is 12.2 Å². The van der Waals surface area contributed by atoms with Gasteiger partial charge in [-0.3, -0.25) is 4.79 Å². The first-order chi connectivity index (χ1) is 12.6. The molecule has 4 heteroatoms. The van der Waals surface area contributed by atoms with Crippen LogP contribution in [-0.4, -0.2) is 23.5 Å². The standard InChI is InChI=1S/C22H24O4/c1-2-3-4-5-16-26-20-13-11-18(12-14-20)21(23)15-8-17-6-9-19(10-7-17)22(24)25/h6-15H,2-5,16H2,1H3,(H,24,25). The topological polar surface area (TPSA) is 63.6 Å². The highest BCUT2D eigenvalue weighted by atomic mass is 16.5. The van der Waals surface area contributed by atoms with Crippen LogP contribution in [0.1, 0.15) is 58.9 Å². The molecule has 4 nitrogen and oxygen atoms in total. The van der Waals surface area contributed by atoms with Crippen LogP contribution in [0.2, 0.25) is 0 Å². The van der Waals surface area contributed by atoms with Gasteiger partial charge in [0.1, 0.15) is 5.75 Å². The van der Waals surface area contributed by atoms with Gasteiger partial charge in [-0.1, -0.05) is 44.4 Å². The van der Waals surface area contributed by atoms with Crippen LogP contribution in [0.4, 0.5) is 0 Å². The first kappa shape index (κ1) is 19.4. The summed E-state index contributed by atoms with van der Waals surface area (Å²) in [5.74, 6) is -0.308. The molecule has 2 rings (SSSR count). The van der Waals surface area contributed by atoms with E-state index in [4.69, 9.17) is 9.84 Å². The lowest BCUT2D eigenvalue weighted by Gasteiger charge is -2.06. The molecule has 1 N–H and O–H groups in total. The van der Waals surface area contributed by atoms with Crippen LogP contribution >= 0.6 is 0 Å². The predicted octanol–water partition coefficient (Wildman–Crippen LogP) is 5.24. The van der Waals surface area contributed by atoms with E-state index in [0.717, 1.165) is 17.7 Å². The van der Waals surface area contributed by atoms with Crippen LogP contribution in [0, 0.1) is 0 Å². The fourth-order valence-corrected chi connectivity index (χ4v) is 2.44. The number of ketones is 1. The molecule has 0 bridgehead atoms. The number of ether oxygens (including phenoxy) is 1. The molecule has 0 spiro atoms. The van der Waals surface area contributed by atoms with E-state index < -0.39 is 5.97 Å². The third kappa shape index (κ3) is 6.20. The van der Waals surface area contributed by atoms with Crippen LogP contribution in [0.25, 0.3) is 6.08 Å². The summed E-state index contributed by atoms with van der Waals surface area (Å²) in [7, 11) is 0. The molecule has 0 saturated carbocycles. The number of unbranched alkanes of at least 4 members (excludes halogenated alkanes) is 3. The number of carbonyl (C=O) groups is 2. The first-order valence-electron chi connectivity index (χ1n) is 8.89. The van der Waals surface area contributed by atoms with E-state index in [1.165, 1.54) is 37.5 Å². The number of carboxylic acids is 1. The molecule has 0 atom stereocenters. The van der Waals surface area contributed by atoms with Crippen LogP contribution in [0.5, 0.6) is 5.75 Å². The summed E-state index contributed by atoms with van der Waals surface area (Å²) in [5, 5.41) is 8.87. The SMILES string of the molecule is CCCCCCOc1ccc(C(=O)C=Cc2ccc(C(=O)O)cc2)cc1. The van der Waals surface area contributed by atoms with Gasteiger partial charge in [-0.25, -0.2) is 4.79 Å². The first-order valence-corrected chi connectivity index (χ1v) is 8.89. The van der Waals surface area contributed by atoms with Gasteiger partial charge in [-0.2, -0.15) is 0 Å². The Hall–Kier alpha value is -2.88. The number of carbonyl (C=O) groups excluding carboxylic acids is 1. The van der Waals surface area contributed by atoms with Gasteiger partial charge in [0.2, 0.25) is 0 Å². The minimum Gasteiger partial charge on any atom is -0.494 e. The number of hydrogen-bond donors (Lipinski definition) is 1. The van der Waals surface area contributed by atoms with E-state index in [-0.39, 0.29) is 11.3 Å². The molecule has 0 aliphatic carbocycles. The highest BCUT2D eigenvalue weighted by Crippen LogP contribution is 2.14. The van der Waals surface area contributed by atoms with Crippen LogP contribution in [0.15, 0.2) is 54.6 Å². The van der Waals surface area contributed by atoms with Crippen LogP contribution < -0.4 is 4.74 Å². The molecule has 0 saturated heterocycles. The Morgan fingerprint density at radius 1 is 0.923 bits per heavy atom. The molecule has 0 radical (unpaired) electrons. The Labute approximate surface area is 154 Å². The highest BCUT2D eigenvalue weighted by molar-refractivity contribution is 6.06. The van der Waals surface area contributed by atoms with E-state index >= 15 is 0 Å². The molecule has 0 aromatic heterocycles. The summed E-state index contributed by atoms with van der Waals surface area (Å²) in [6.07, 6.45) is 7.79. The minimum atomic E-state index is -0.968. The molecular weight excluding hydrogens is 328 g/mol. The Morgan fingerprint density at radius 3 is 2.19 bits per heavy atom. The summed E-state index contributed by atoms with van der Waals surface area (Å²) < 4.78 is 5.67. The second kappa shape index (κ2) is 10.2. The third-order valence-electron chi connectivity index (χ3n) is 3.99. The van der Waals surface area contributed by atoms with E-state index in [1.807, 2.05) is 12.1 Å². The van der Waals surface area contributed by atoms with Crippen LogP contribution in [-0.2, 0) is 0 Å². The van der Waals surface area contributed by atoms with Gasteiger partial charge < -0.3 is 9.84 Å². The molecule has 0 aliphatic heterocycles. The molecule has 0 heterocycles.